The molecule has 8 heteroatoms. The zero-order chi connectivity index (χ0) is 21.1. The lowest BCUT2D eigenvalue weighted by atomic mass is 10.1. The summed E-state index contributed by atoms with van der Waals surface area (Å²) in [4.78, 5) is 26.8. The number of anilines is 2. The van der Waals surface area contributed by atoms with Gasteiger partial charge in [-0.25, -0.2) is 0 Å². The van der Waals surface area contributed by atoms with Crippen molar-refractivity contribution in [2.75, 3.05) is 16.8 Å². The smallest absolute Gasteiger partial charge is 0.230 e. The van der Waals surface area contributed by atoms with E-state index in [1.807, 2.05) is 35.2 Å². The third kappa shape index (κ3) is 4.52. The van der Waals surface area contributed by atoms with E-state index in [-0.39, 0.29) is 24.2 Å². The van der Waals surface area contributed by atoms with Gasteiger partial charge in [-0.05, 0) is 35.7 Å². The van der Waals surface area contributed by atoms with E-state index < -0.39 is 0 Å². The van der Waals surface area contributed by atoms with E-state index in [4.69, 9.17) is 11.6 Å². The van der Waals surface area contributed by atoms with Crippen LogP contribution < -0.4 is 10.2 Å². The molecule has 0 saturated carbocycles. The zero-order valence-electron chi connectivity index (χ0n) is 16.5. The minimum atomic E-state index is -0.166. The molecule has 30 heavy (non-hydrogen) atoms. The number of benzene rings is 2. The maximum atomic E-state index is 12.6. The highest BCUT2D eigenvalue weighted by Crippen LogP contribution is 2.35. The minimum Gasteiger partial charge on any atom is -0.311 e. The Hall–Kier alpha value is -2.77. The van der Waals surface area contributed by atoms with Gasteiger partial charge >= 0.3 is 0 Å². The highest BCUT2D eigenvalue weighted by Gasteiger charge is 2.34. The fraction of sp³-hybridized carbons (Fsp3) is 0.273. The molecule has 0 bridgehead atoms. The lowest BCUT2D eigenvalue weighted by molar-refractivity contribution is -0.117. The van der Waals surface area contributed by atoms with Crippen molar-refractivity contribution in [3.8, 4) is 0 Å². The van der Waals surface area contributed by atoms with Gasteiger partial charge in [-0.1, -0.05) is 60.2 Å². The molecule has 2 aromatic carbocycles. The average Bonchev–Trinajstić information content (AvgIpc) is 3.36. The Morgan fingerprint density at radius 3 is 2.73 bits per heavy atom. The van der Waals surface area contributed by atoms with E-state index in [1.165, 1.54) is 11.3 Å². The van der Waals surface area contributed by atoms with Crippen LogP contribution in [0.4, 0.5) is 10.8 Å². The number of nitrogens with one attached hydrogen (secondary N) is 1. The molecule has 3 aromatic rings. The van der Waals surface area contributed by atoms with Gasteiger partial charge in [-0.3, -0.25) is 9.59 Å². The van der Waals surface area contributed by atoms with Crippen molar-refractivity contribution in [2.45, 2.75) is 32.1 Å². The molecule has 2 heterocycles. The summed E-state index contributed by atoms with van der Waals surface area (Å²) in [7, 11) is 0. The van der Waals surface area contributed by atoms with Crippen LogP contribution in [0.2, 0.25) is 5.02 Å². The Kier molecular flexibility index (Phi) is 6.11. The second-order valence-corrected chi connectivity index (χ2v) is 8.63. The van der Waals surface area contributed by atoms with Crippen molar-refractivity contribution in [1.82, 2.24) is 10.2 Å². The number of nitrogens with zero attached hydrogens (tertiary/aromatic N) is 3. The fourth-order valence-electron chi connectivity index (χ4n) is 3.58. The summed E-state index contributed by atoms with van der Waals surface area (Å²) >= 11 is 7.20. The van der Waals surface area contributed by atoms with Crippen LogP contribution in [0.25, 0.3) is 0 Å². The van der Waals surface area contributed by atoms with Gasteiger partial charge < -0.3 is 10.2 Å². The number of rotatable bonds is 6. The monoisotopic (exact) mass is 440 g/mol. The Morgan fingerprint density at radius 2 is 1.97 bits per heavy atom. The molecule has 1 aliphatic rings. The number of hydrogen-bond donors (Lipinski definition) is 1. The largest absolute Gasteiger partial charge is 0.311 e. The van der Waals surface area contributed by atoms with E-state index in [0.29, 0.717) is 23.1 Å². The quantitative estimate of drug-likeness (QED) is 0.614. The molecule has 1 aliphatic heterocycles. The summed E-state index contributed by atoms with van der Waals surface area (Å²) in [5.41, 5.74) is 2.99. The number of aromatic nitrogens is 2. The van der Waals surface area contributed by atoms with Crippen molar-refractivity contribution < 1.29 is 9.59 Å². The molecule has 6 nitrogen and oxygen atoms in total. The predicted octanol–water partition coefficient (Wildman–Crippen LogP) is 4.46. The first-order valence-corrected chi connectivity index (χ1v) is 11.0. The van der Waals surface area contributed by atoms with E-state index in [2.05, 4.69) is 28.5 Å². The Labute approximate surface area is 183 Å². The Morgan fingerprint density at radius 1 is 1.20 bits per heavy atom. The van der Waals surface area contributed by atoms with Crippen LogP contribution in [0, 0.1) is 0 Å². The summed E-state index contributed by atoms with van der Waals surface area (Å²) in [6.45, 7) is 2.66. The van der Waals surface area contributed by atoms with Gasteiger partial charge in [-0.15, -0.1) is 10.2 Å². The third-order valence-corrected chi connectivity index (χ3v) is 6.36. The van der Waals surface area contributed by atoms with Gasteiger partial charge in [-0.2, -0.15) is 0 Å². The minimum absolute atomic E-state index is 0.0261. The highest BCUT2D eigenvalue weighted by molar-refractivity contribution is 7.15. The zero-order valence-corrected chi connectivity index (χ0v) is 18.0. The normalized spacial score (nSPS) is 16.1. The number of halogens is 1. The summed E-state index contributed by atoms with van der Waals surface area (Å²) in [5, 5.41) is 13.0. The SMILES string of the molecule is CCc1ccccc1N1C[C@@H](c2nnc(NC(=O)Cc3ccc(Cl)cc3)s2)CC1=O. The first-order chi connectivity index (χ1) is 14.5. The number of hydrogen-bond acceptors (Lipinski definition) is 5. The molecule has 154 valence electrons. The van der Waals surface area contributed by atoms with Crippen LogP contribution in [0.1, 0.15) is 35.4 Å². The van der Waals surface area contributed by atoms with Crippen molar-refractivity contribution in [1.29, 1.82) is 0 Å². The lowest BCUT2D eigenvalue weighted by Crippen LogP contribution is -2.25. The van der Waals surface area contributed by atoms with E-state index in [9.17, 15) is 9.59 Å². The molecular formula is C22H21ClN4O2S. The van der Waals surface area contributed by atoms with Gasteiger partial charge in [0.1, 0.15) is 5.01 Å². The van der Waals surface area contributed by atoms with Crippen LogP contribution in [0.5, 0.6) is 0 Å². The Bertz CT molecular complexity index is 1070. The average molecular weight is 441 g/mol. The molecule has 0 unspecified atom stereocenters. The van der Waals surface area contributed by atoms with Crippen LogP contribution in [0.15, 0.2) is 48.5 Å². The van der Waals surface area contributed by atoms with Crippen molar-refractivity contribution >= 4 is 45.6 Å². The molecule has 4 rings (SSSR count). The molecule has 0 radical (unpaired) electrons. The van der Waals surface area contributed by atoms with Crippen LogP contribution in [-0.2, 0) is 22.4 Å². The molecule has 0 spiro atoms. The van der Waals surface area contributed by atoms with Gasteiger partial charge in [0.15, 0.2) is 0 Å². The number of amides is 2. The third-order valence-electron chi connectivity index (χ3n) is 5.10. The van der Waals surface area contributed by atoms with Gasteiger partial charge in [0.05, 0.1) is 6.42 Å². The van der Waals surface area contributed by atoms with Crippen LogP contribution in [0.3, 0.4) is 0 Å². The number of aryl methyl sites for hydroxylation is 1. The molecule has 0 aliphatic carbocycles. The molecular weight excluding hydrogens is 420 g/mol. The summed E-state index contributed by atoms with van der Waals surface area (Å²) in [5.74, 6) is -0.104. The molecule has 1 fully saturated rings. The lowest BCUT2D eigenvalue weighted by Gasteiger charge is -2.19. The predicted molar refractivity (Wildman–Crippen MR) is 119 cm³/mol. The van der Waals surface area contributed by atoms with Gasteiger partial charge in [0.25, 0.3) is 0 Å². The second kappa shape index (κ2) is 8.93. The maximum absolute atomic E-state index is 12.6. The van der Waals surface area contributed by atoms with Crippen molar-refractivity contribution in [3.63, 3.8) is 0 Å². The second-order valence-electron chi connectivity index (χ2n) is 7.18. The van der Waals surface area contributed by atoms with Crippen LogP contribution in [-0.4, -0.2) is 28.6 Å². The fourth-order valence-corrected chi connectivity index (χ4v) is 4.56. The summed E-state index contributed by atoms with van der Waals surface area (Å²) in [6, 6.07) is 15.1. The molecule has 1 aromatic heterocycles. The van der Waals surface area contributed by atoms with E-state index in [1.54, 1.807) is 12.1 Å². The highest BCUT2D eigenvalue weighted by atomic mass is 35.5. The Balaban J connectivity index is 1.41. The van der Waals surface area contributed by atoms with Crippen LogP contribution >= 0.6 is 22.9 Å². The summed E-state index contributed by atoms with van der Waals surface area (Å²) < 4.78 is 0. The molecule has 1 atom stereocenters. The number of para-hydroxylation sites is 1. The van der Waals surface area contributed by atoms with E-state index >= 15 is 0 Å². The summed E-state index contributed by atoms with van der Waals surface area (Å²) in [6.07, 6.45) is 1.49. The topological polar surface area (TPSA) is 75.2 Å². The maximum Gasteiger partial charge on any atom is 0.230 e. The first kappa shape index (κ1) is 20.5. The molecule has 1 saturated heterocycles. The molecule has 2 amide bonds. The van der Waals surface area contributed by atoms with E-state index in [0.717, 1.165) is 28.2 Å². The number of carbonyl (C=O) groups excluding carboxylic acids is 2. The molecule has 1 N–H and O–H groups in total. The first-order valence-electron chi connectivity index (χ1n) is 9.79. The van der Waals surface area contributed by atoms with Gasteiger partial charge in [0.2, 0.25) is 16.9 Å². The number of carbonyl (C=O) groups is 2. The van der Waals surface area contributed by atoms with Gasteiger partial charge in [0, 0.05) is 29.6 Å². The standard InChI is InChI=1S/C22H21ClN4O2S/c1-2-15-5-3-4-6-18(15)27-13-16(12-20(27)29)21-25-26-22(30-21)24-19(28)11-14-7-9-17(23)10-8-14/h3-10,16H,2,11-13H2,1H3,(H,24,26,28)/t16-/m0/s1. The van der Waals surface area contributed by atoms with Crippen molar-refractivity contribution in [2.24, 2.45) is 0 Å². The van der Waals surface area contributed by atoms with Crippen molar-refractivity contribution in [3.05, 3.63) is 69.7 Å².